The summed E-state index contributed by atoms with van der Waals surface area (Å²) in [7, 11) is 0. The maximum Gasteiger partial charge on any atom is 0.347 e. The van der Waals surface area contributed by atoms with Crippen molar-refractivity contribution < 1.29 is 19.2 Å². The minimum Gasteiger partial charge on any atom is -0.472 e. The molecule has 19 heavy (non-hydrogen) atoms. The lowest BCUT2D eigenvalue weighted by molar-refractivity contribution is -0.386. The Labute approximate surface area is 111 Å². The van der Waals surface area contributed by atoms with Gasteiger partial charge in [-0.05, 0) is 31.9 Å². The van der Waals surface area contributed by atoms with Gasteiger partial charge in [0.15, 0.2) is 11.9 Å². The normalized spacial score (nSPS) is 11.7. The highest BCUT2D eigenvalue weighted by molar-refractivity contribution is 5.75. The monoisotopic (exact) mass is 267 g/mol. The van der Waals surface area contributed by atoms with Crippen LogP contribution in [-0.4, -0.2) is 23.6 Å². The van der Waals surface area contributed by atoms with E-state index in [-0.39, 0.29) is 18.0 Å². The Hall–Kier alpha value is -2.11. The zero-order valence-electron chi connectivity index (χ0n) is 11.2. The first-order valence-corrected chi connectivity index (χ1v) is 6.07. The van der Waals surface area contributed by atoms with E-state index in [9.17, 15) is 14.9 Å². The predicted octanol–water partition coefficient (Wildman–Crippen LogP) is 2.62. The average Bonchev–Trinajstić information content (AvgIpc) is 2.35. The molecule has 1 aromatic carbocycles. The number of aryl methyl sites for hydroxylation is 1. The van der Waals surface area contributed by atoms with E-state index in [0.717, 1.165) is 5.56 Å². The summed E-state index contributed by atoms with van der Waals surface area (Å²) in [5, 5.41) is 10.9. The van der Waals surface area contributed by atoms with E-state index < -0.39 is 17.0 Å². The standard InChI is InChI=1S/C13H17NO5/c1-4-11(13(15)18-5-2)19-12-8-9(3)6-7-10(12)14(16)17/h6-8,11H,4-5H2,1-3H3. The lowest BCUT2D eigenvalue weighted by Gasteiger charge is -2.16. The highest BCUT2D eigenvalue weighted by atomic mass is 16.6. The SMILES string of the molecule is CCOC(=O)C(CC)Oc1cc(C)ccc1[N+](=O)[O-]. The molecule has 0 N–H and O–H groups in total. The van der Waals surface area contributed by atoms with Crippen LogP contribution in [0, 0.1) is 17.0 Å². The van der Waals surface area contributed by atoms with Gasteiger partial charge in [-0.15, -0.1) is 0 Å². The molecule has 6 heteroatoms. The van der Waals surface area contributed by atoms with Crippen molar-refractivity contribution in [2.75, 3.05) is 6.61 Å². The van der Waals surface area contributed by atoms with Gasteiger partial charge in [0.05, 0.1) is 11.5 Å². The van der Waals surface area contributed by atoms with E-state index in [1.54, 1.807) is 32.9 Å². The molecule has 1 unspecified atom stereocenters. The van der Waals surface area contributed by atoms with E-state index in [0.29, 0.717) is 6.42 Å². The molecule has 0 heterocycles. The summed E-state index contributed by atoms with van der Waals surface area (Å²) >= 11 is 0. The topological polar surface area (TPSA) is 78.7 Å². The van der Waals surface area contributed by atoms with Crippen molar-refractivity contribution in [3.63, 3.8) is 0 Å². The highest BCUT2D eigenvalue weighted by Crippen LogP contribution is 2.29. The molecule has 104 valence electrons. The van der Waals surface area contributed by atoms with Gasteiger partial charge in [0.2, 0.25) is 0 Å². The third-order valence-electron chi connectivity index (χ3n) is 2.50. The molecule has 0 aliphatic carbocycles. The van der Waals surface area contributed by atoms with E-state index in [1.165, 1.54) is 6.07 Å². The number of esters is 1. The number of nitrogens with zero attached hydrogens (tertiary/aromatic N) is 1. The van der Waals surface area contributed by atoms with Crippen LogP contribution in [0.5, 0.6) is 5.75 Å². The minimum absolute atomic E-state index is 0.0879. The Morgan fingerprint density at radius 1 is 1.42 bits per heavy atom. The van der Waals surface area contributed by atoms with Crippen LogP contribution in [0.4, 0.5) is 5.69 Å². The quantitative estimate of drug-likeness (QED) is 0.449. The molecule has 0 bridgehead atoms. The van der Waals surface area contributed by atoms with Crippen LogP contribution >= 0.6 is 0 Å². The summed E-state index contributed by atoms with van der Waals surface area (Å²) in [6, 6.07) is 4.53. The second-order valence-corrected chi connectivity index (χ2v) is 4.00. The minimum atomic E-state index is -0.833. The fraction of sp³-hybridized carbons (Fsp3) is 0.462. The van der Waals surface area contributed by atoms with Crippen LogP contribution in [0.2, 0.25) is 0 Å². The van der Waals surface area contributed by atoms with Gasteiger partial charge in [-0.1, -0.05) is 13.0 Å². The van der Waals surface area contributed by atoms with Gasteiger partial charge in [0.1, 0.15) is 0 Å². The second-order valence-electron chi connectivity index (χ2n) is 4.00. The maximum atomic E-state index is 11.6. The zero-order valence-corrected chi connectivity index (χ0v) is 11.2. The van der Waals surface area contributed by atoms with E-state index in [1.807, 2.05) is 0 Å². The zero-order chi connectivity index (χ0) is 14.4. The molecule has 1 atom stereocenters. The fourth-order valence-electron chi connectivity index (χ4n) is 1.55. The summed E-state index contributed by atoms with van der Waals surface area (Å²) in [5.74, 6) is -0.425. The smallest absolute Gasteiger partial charge is 0.347 e. The molecule has 0 fully saturated rings. The van der Waals surface area contributed by atoms with Gasteiger partial charge in [-0.3, -0.25) is 10.1 Å². The first kappa shape index (κ1) is 14.9. The number of ether oxygens (including phenoxy) is 2. The first-order valence-electron chi connectivity index (χ1n) is 6.07. The van der Waals surface area contributed by atoms with Gasteiger partial charge < -0.3 is 9.47 Å². The van der Waals surface area contributed by atoms with Crippen molar-refractivity contribution in [1.29, 1.82) is 0 Å². The van der Waals surface area contributed by atoms with Crippen LogP contribution in [0.25, 0.3) is 0 Å². The van der Waals surface area contributed by atoms with Crippen molar-refractivity contribution in [2.45, 2.75) is 33.3 Å². The van der Waals surface area contributed by atoms with E-state index in [4.69, 9.17) is 9.47 Å². The molecule has 0 amide bonds. The Morgan fingerprint density at radius 2 is 2.11 bits per heavy atom. The fourth-order valence-corrected chi connectivity index (χ4v) is 1.55. The molecule has 1 aromatic rings. The summed E-state index contributed by atoms with van der Waals surface area (Å²) < 4.78 is 10.3. The number of hydrogen-bond donors (Lipinski definition) is 0. The Bertz CT molecular complexity index is 472. The van der Waals surface area contributed by atoms with Crippen molar-refractivity contribution in [1.82, 2.24) is 0 Å². The van der Waals surface area contributed by atoms with Crippen LogP contribution in [0.15, 0.2) is 18.2 Å². The van der Waals surface area contributed by atoms with E-state index >= 15 is 0 Å². The van der Waals surface area contributed by atoms with Crippen molar-refractivity contribution >= 4 is 11.7 Å². The molecular weight excluding hydrogens is 250 g/mol. The molecule has 0 aromatic heterocycles. The van der Waals surface area contributed by atoms with Crippen molar-refractivity contribution in [3.8, 4) is 5.75 Å². The molecule has 0 saturated heterocycles. The highest BCUT2D eigenvalue weighted by Gasteiger charge is 2.24. The van der Waals surface area contributed by atoms with Crippen LogP contribution in [-0.2, 0) is 9.53 Å². The molecule has 0 spiro atoms. The number of hydrogen-bond acceptors (Lipinski definition) is 5. The Kier molecular flexibility index (Phi) is 5.29. The number of carbonyl (C=O) groups excluding carboxylic acids is 1. The van der Waals surface area contributed by atoms with Gasteiger partial charge in [-0.2, -0.15) is 0 Å². The molecule has 1 rings (SSSR count). The van der Waals surface area contributed by atoms with Crippen molar-refractivity contribution in [3.05, 3.63) is 33.9 Å². The molecule has 0 saturated carbocycles. The largest absolute Gasteiger partial charge is 0.472 e. The van der Waals surface area contributed by atoms with Crippen LogP contribution in [0.1, 0.15) is 25.8 Å². The number of carbonyl (C=O) groups is 1. The lowest BCUT2D eigenvalue weighted by atomic mass is 10.2. The first-order chi connectivity index (χ1) is 8.99. The predicted molar refractivity (Wildman–Crippen MR) is 69.2 cm³/mol. The summed E-state index contributed by atoms with van der Waals surface area (Å²) in [6.45, 7) is 5.49. The summed E-state index contributed by atoms with van der Waals surface area (Å²) in [6.07, 6.45) is -0.454. The summed E-state index contributed by atoms with van der Waals surface area (Å²) in [5.41, 5.74) is 0.660. The summed E-state index contributed by atoms with van der Waals surface area (Å²) in [4.78, 5) is 22.0. The third-order valence-corrected chi connectivity index (χ3v) is 2.50. The number of nitro benzene ring substituents is 1. The lowest BCUT2D eigenvalue weighted by Crippen LogP contribution is -2.29. The number of benzene rings is 1. The van der Waals surface area contributed by atoms with Gasteiger partial charge in [-0.25, -0.2) is 4.79 Å². The molecular formula is C13H17NO5. The average molecular weight is 267 g/mol. The van der Waals surface area contributed by atoms with Crippen molar-refractivity contribution in [2.24, 2.45) is 0 Å². The van der Waals surface area contributed by atoms with Crippen LogP contribution < -0.4 is 4.74 Å². The third kappa shape index (κ3) is 3.94. The van der Waals surface area contributed by atoms with Gasteiger partial charge in [0.25, 0.3) is 0 Å². The maximum absolute atomic E-state index is 11.6. The van der Waals surface area contributed by atoms with Crippen LogP contribution in [0.3, 0.4) is 0 Å². The number of rotatable bonds is 6. The second kappa shape index (κ2) is 6.72. The Morgan fingerprint density at radius 3 is 2.63 bits per heavy atom. The van der Waals surface area contributed by atoms with Gasteiger partial charge >= 0.3 is 11.7 Å². The van der Waals surface area contributed by atoms with Gasteiger partial charge in [0, 0.05) is 6.07 Å². The molecule has 0 aliphatic rings. The van der Waals surface area contributed by atoms with E-state index in [2.05, 4.69) is 0 Å². The number of nitro groups is 1. The molecule has 0 radical (unpaired) electrons. The Balaban J connectivity index is 2.99. The molecule has 0 aliphatic heterocycles. The molecule has 6 nitrogen and oxygen atoms in total.